The summed E-state index contributed by atoms with van der Waals surface area (Å²) in [4.78, 5) is 26.7. The molecule has 2 heterocycles. The second-order valence-electron chi connectivity index (χ2n) is 7.08. The Hall–Kier alpha value is -2.86. The van der Waals surface area contributed by atoms with Gasteiger partial charge in [-0.1, -0.05) is 24.3 Å². The fraction of sp³-hybridized carbons (Fsp3) is 0.304. The lowest BCUT2D eigenvalue weighted by Crippen LogP contribution is -2.34. The molecule has 0 saturated heterocycles. The van der Waals surface area contributed by atoms with Crippen LogP contribution < -0.4 is 10.1 Å². The van der Waals surface area contributed by atoms with Gasteiger partial charge in [0.15, 0.2) is 5.78 Å². The van der Waals surface area contributed by atoms with Crippen molar-refractivity contribution in [2.45, 2.75) is 32.1 Å². The van der Waals surface area contributed by atoms with Crippen LogP contribution in [0.25, 0.3) is 0 Å². The van der Waals surface area contributed by atoms with E-state index in [0.29, 0.717) is 12.0 Å². The highest BCUT2D eigenvalue weighted by Crippen LogP contribution is 2.43. The smallest absolute Gasteiger partial charge is 0.336 e. The normalized spacial score (nSPS) is 18.9. The van der Waals surface area contributed by atoms with E-state index in [9.17, 15) is 9.59 Å². The highest BCUT2D eigenvalue weighted by atomic mass is 32.1. The van der Waals surface area contributed by atoms with Crippen LogP contribution in [-0.4, -0.2) is 25.0 Å². The molecule has 1 aromatic heterocycles. The lowest BCUT2D eigenvalue weighted by atomic mass is 9.78. The first-order chi connectivity index (χ1) is 14.1. The summed E-state index contributed by atoms with van der Waals surface area (Å²) >= 11 is 1.56. The SMILES string of the molecule is CC1=C(C(=O)OCCOc2ccccc2)C(c2cccs2)C2=C(CCCC2=O)N1. The van der Waals surface area contributed by atoms with E-state index in [1.807, 2.05) is 54.8 Å². The van der Waals surface area contributed by atoms with Crippen molar-refractivity contribution in [1.29, 1.82) is 0 Å². The van der Waals surface area contributed by atoms with Crippen molar-refractivity contribution < 1.29 is 19.1 Å². The van der Waals surface area contributed by atoms with Crippen LogP contribution in [0.15, 0.2) is 70.4 Å². The highest BCUT2D eigenvalue weighted by molar-refractivity contribution is 7.10. The number of Topliss-reactive ketones (excluding diaryl/α,β-unsaturated/α-hetero) is 1. The number of rotatable bonds is 6. The number of allylic oxidation sites excluding steroid dienone is 3. The quantitative estimate of drug-likeness (QED) is 0.568. The van der Waals surface area contributed by atoms with E-state index in [2.05, 4.69) is 5.32 Å². The summed E-state index contributed by atoms with van der Waals surface area (Å²) in [6.07, 6.45) is 2.19. The summed E-state index contributed by atoms with van der Waals surface area (Å²) in [5.41, 5.74) is 2.94. The third-order valence-electron chi connectivity index (χ3n) is 5.15. The average Bonchev–Trinajstić information content (AvgIpc) is 3.25. The number of hydrogen-bond donors (Lipinski definition) is 1. The van der Waals surface area contributed by atoms with Crippen molar-refractivity contribution in [1.82, 2.24) is 5.32 Å². The fourth-order valence-corrected chi connectivity index (χ4v) is 4.73. The number of nitrogens with one attached hydrogen (secondary N) is 1. The maximum Gasteiger partial charge on any atom is 0.336 e. The molecule has 4 rings (SSSR count). The van der Waals surface area contributed by atoms with Gasteiger partial charge in [-0.25, -0.2) is 4.79 Å². The van der Waals surface area contributed by atoms with Gasteiger partial charge in [0.25, 0.3) is 0 Å². The van der Waals surface area contributed by atoms with Crippen molar-refractivity contribution in [3.63, 3.8) is 0 Å². The maximum atomic E-state index is 13.0. The molecule has 1 atom stereocenters. The summed E-state index contributed by atoms with van der Waals surface area (Å²) in [6.45, 7) is 2.29. The van der Waals surface area contributed by atoms with E-state index in [1.54, 1.807) is 11.3 Å². The van der Waals surface area contributed by atoms with Crippen LogP contribution in [0.3, 0.4) is 0 Å². The van der Waals surface area contributed by atoms with Gasteiger partial charge in [-0.05, 0) is 43.3 Å². The summed E-state index contributed by atoms with van der Waals surface area (Å²) in [6, 6.07) is 13.3. The Bertz CT molecular complexity index is 960. The number of esters is 1. The Morgan fingerprint density at radius 1 is 1.14 bits per heavy atom. The highest BCUT2D eigenvalue weighted by Gasteiger charge is 2.39. The minimum Gasteiger partial charge on any atom is -0.490 e. The fourth-order valence-electron chi connectivity index (χ4n) is 3.88. The van der Waals surface area contributed by atoms with Gasteiger partial charge in [0, 0.05) is 28.3 Å². The van der Waals surface area contributed by atoms with E-state index < -0.39 is 5.97 Å². The molecule has 150 valence electrons. The molecule has 0 saturated carbocycles. The Morgan fingerprint density at radius 3 is 2.72 bits per heavy atom. The van der Waals surface area contributed by atoms with Crippen LogP contribution in [0.4, 0.5) is 0 Å². The molecular formula is C23H23NO4S. The molecule has 0 fully saturated rings. The summed E-state index contributed by atoms with van der Waals surface area (Å²) in [7, 11) is 0. The molecule has 0 radical (unpaired) electrons. The largest absolute Gasteiger partial charge is 0.490 e. The van der Waals surface area contributed by atoms with Gasteiger partial charge in [0.1, 0.15) is 19.0 Å². The lowest BCUT2D eigenvalue weighted by Gasteiger charge is -2.33. The number of hydrogen-bond acceptors (Lipinski definition) is 6. The zero-order valence-corrected chi connectivity index (χ0v) is 17.1. The number of carbonyl (C=O) groups is 2. The first kappa shape index (κ1) is 19.5. The van der Waals surface area contributed by atoms with Gasteiger partial charge in [0.2, 0.25) is 0 Å². The first-order valence-corrected chi connectivity index (χ1v) is 10.7. The van der Waals surface area contributed by atoms with Gasteiger partial charge >= 0.3 is 5.97 Å². The molecule has 0 amide bonds. The monoisotopic (exact) mass is 409 g/mol. The number of para-hydroxylation sites is 1. The van der Waals surface area contributed by atoms with Gasteiger partial charge in [-0.15, -0.1) is 11.3 Å². The second kappa shape index (κ2) is 8.66. The van der Waals surface area contributed by atoms with Crippen LogP contribution in [0.1, 0.15) is 37.0 Å². The third-order valence-corrected chi connectivity index (χ3v) is 6.09. The van der Waals surface area contributed by atoms with E-state index in [-0.39, 0.29) is 24.9 Å². The molecule has 1 aromatic carbocycles. The Balaban J connectivity index is 1.51. The molecule has 0 spiro atoms. The summed E-state index contributed by atoms with van der Waals surface area (Å²) in [5, 5.41) is 5.27. The van der Waals surface area contributed by atoms with Crippen LogP contribution in [-0.2, 0) is 14.3 Å². The zero-order valence-electron chi connectivity index (χ0n) is 16.3. The molecular weight excluding hydrogens is 386 g/mol. The van der Waals surface area contributed by atoms with Crippen molar-refractivity contribution in [2.75, 3.05) is 13.2 Å². The van der Waals surface area contributed by atoms with E-state index in [4.69, 9.17) is 9.47 Å². The molecule has 1 N–H and O–H groups in total. The molecule has 1 aliphatic carbocycles. The molecule has 5 nitrogen and oxygen atoms in total. The third kappa shape index (κ3) is 4.12. The minimum atomic E-state index is -0.407. The van der Waals surface area contributed by atoms with Crippen LogP contribution in [0.2, 0.25) is 0 Å². The second-order valence-corrected chi connectivity index (χ2v) is 8.06. The van der Waals surface area contributed by atoms with Gasteiger partial charge in [-0.3, -0.25) is 4.79 Å². The van der Waals surface area contributed by atoms with Crippen molar-refractivity contribution in [2.24, 2.45) is 0 Å². The zero-order chi connectivity index (χ0) is 20.2. The average molecular weight is 410 g/mol. The van der Waals surface area contributed by atoms with Gasteiger partial charge < -0.3 is 14.8 Å². The predicted octanol–water partition coefficient (Wildman–Crippen LogP) is 4.34. The first-order valence-electron chi connectivity index (χ1n) is 9.77. The number of carbonyl (C=O) groups excluding carboxylic acids is 2. The molecule has 1 unspecified atom stereocenters. The maximum absolute atomic E-state index is 13.0. The minimum absolute atomic E-state index is 0.113. The van der Waals surface area contributed by atoms with Gasteiger partial charge in [-0.2, -0.15) is 0 Å². The number of ether oxygens (including phenoxy) is 2. The number of benzene rings is 1. The molecule has 1 aliphatic heterocycles. The van der Waals surface area contributed by atoms with Crippen molar-refractivity contribution in [3.05, 3.63) is 75.3 Å². The predicted molar refractivity (Wildman–Crippen MR) is 112 cm³/mol. The Kier molecular flexibility index (Phi) is 5.81. The van der Waals surface area contributed by atoms with E-state index >= 15 is 0 Å². The number of thiophene rings is 1. The van der Waals surface area contributed by atoms with Crippen molar-refractivity contribution in [3.8, 4) is 5.75 Å². The molecule has 2 aromatic rings. The lowest BCUT2D eigenvalue weighted by molar-refractivity contribution is -0.140. The van der Waals surface area contributed by atoms with E-state index in [0.717, 1.165) is 40.4 Å². The Morgan fingerprint density at radius 2 is 1.97 bits per heavy atom. The van der Waals surface area contributed by atoms with Crippen LogP contribution in [0.5, 0.6) is 5.75 Å². The van der Waals surface area contributed by atoms with Gasteiger partial charge in [0.05, 0.1) is 11.5 Å². The van der Waals surface area contributed by atoms with Crippen LogP contribution in [0, 0.1) is 0 Å². The molecule has 2 aliphatic rings. The molecule has 0 bridgehead atoms. The Labute approximate surface area is 174 Å². The van der Waals surface area contributed by atoms with E-state index in [1.165, 1.54) is 0 Å². The topological polar surface area (TPSA) is 64.6 Å². The van der Waals surface area contributed by atoms with Crippen molar-refractivity contribution >= 4 is 23.1 Å². The summed E-state index contributed by atoms with van der Waals surface area (Å²) in [5.74, 6) is 0.0799. The standard InChI is InChI=1S/C23H23NO4S/c1-15-20(23(26)28-13-12-27-16-7-3-2-4-8-16)22(19-11-6-14-29-19)21-17(24-15)9-5-10-18(21)25/h2-4,6-8,11,14,22,24H,5,9-10,12-13H2,1H3. The van der Waals surface area contributed by atoms with Crippen LogP contribution >= 0.6 is 11.3 Å². The number of dihydropyridines is 1. The molecule has 29 heavy (non-hydrogen) atoms. The summed E-state index contributed by atoms with van der Waals surface area (Å²) < 4.78 is 11.1. The number of ketones is 1. The molecule has 6 heteroatoms.